The zero-order chi connectivity index (χ0) is 20.9. The molecule has 1 atom stereocenters. The lowest BCUT2D eigenvalue weighted by Gasteiger charge is -2.33. The van der Waals surface area contributed by atoms with Gasteiger partial charge in [0.15, 0.2) is 5.82 Å². The third-order valence-electron chi connectivity index (χ3n) is 5.10. The molecule has 8 nitrogen and oxygen atoms in total. The fourth-order valence-electron chi connectivity index (χ4n) is 3.54. The Labute approximate surface area is 178 Å². The highest BCUT2D eigenvalue weighted by Crippen LogP contribution is 2.38. The van der Waals surface area contributed by atoms with Crippen LogP contribution in [0.1, 0.15) is 5.56 Å². The molecule has 0 bridgehead atoms. The van der Waals surface area contributed by atoms with Crippen molar-refractivity contribution in [2.24, 2.45) is 5.10 Å². The average molecular weight is 441 g/mol. The van der Waals surface area contributed by atoms with Crippen molar-refractivity contribution in [3.63, 3.8) is 0 Å². The van der Waals surface area contributed by atoms with Crippen LogP contribution < -0.4 is 16.3 Å². The van der Waals surface area contributed by atoms with Gasteiger partial charge in [0.1, 0.15) is 0 Å². The normalized spacial score (nSPS) is 19.9. The lowest BCUT2D eigenvalue weighted by Crippen LogP contribution is -2.57. The number of benzene rings is 2. The van der Waals surface area contributed by atoms with Gasteiger partial charge in [0.2, 0.25) is 20.5 Å². The van der Waals surface area contributed by atoms with Gasteiger partial charge in [0.25, 0.3) is 0 Å². The topological polar surface area (TPSA) is 100 Å². The summed E-state index contributed by atoms with van der Waals surface area (Å²) < 4.78 is 28.5. The van der Waals surface area contributed by atoms with Crippen LogP contribution in [0.4, 0.5) is 5.82 Å². The highest BCUT2D eigenvalue weighted by Gasteiger charge is 2.50. The molecule has 1 aromatic heterocycles. The molecule has 5 rings (SSSR count). The number of aryl methyl sites for hydroxylation is 1. The summed E-state index contributed by atoms with van der Waals surface area (Å²) in [4.78, 5) is 0.156. The van der Waals surface area contributed by atoms with E-state index in [1.54, 1.807) is 59.6 Å². The number of aromatic nitrogens is 2. The maximum absolute atomic E-state index is 13.5. The first kappa shape index (κ1) is 18.9. The Morgan fingerprint density at radius 3 is 2.47 bits per heavy atom. The number of sulfone groups is 1. The van der Waals surface area contributed by atoms with E-state index in [2.05, 4.69) is 26.5 Å². The number of hydrazine groups is 1. The summed E-state index contributed by atoms with van der Waals surface area (Å²) in [6.07, 6.45) is 4.97. The summed E-state index contributed by atoms with van der Waals surface area (Å²) in [7, 11) is -3.92. The summed E-state index contributed by atoms with van der Waals surface area (Å²) in [5, 5.41) is 9.29. The van der Waals surface area contributed by atoms with Gasteiger partial charge < -0.3 is 5.43 Å². The van der Waals surface area contributed by atoms with E-state index in [1.165, 1.54) is 0 Å². The van der Waals surface area contributed by atoms with E-state index in [0.29, 0.717) is 10.8 Å². The van der Waals surface area contributed by atoms with Crippen molar-refractivity contribution < 1.29 is 8.42 Å². The Kier molecular flexibility index (Phi) is 4.21. The first-order chi connectivity index (χ1) is 14.4. The van der Waals surface area contributed by atoms with E-state index >= 15 is 0 Å². The fourth-order valence-corrected chi connectivity index (χ4v) is 5.17. The van der Waals surface area contributed by atoms with Gasteiger partial charge in [0.05, 0.1) is 11.1 Å². The molecule has 2 aliphatic rings. The third-order valence-corrected chi connectivity index (χ3v) is 7.16. The van der Waals surface area contributed by atoms with Gasteiger partial charge in [-0.25, -0.2) is 18.5 Å². The van der Waals surface area contributed by atoms with Crippen LogP contribution in [0.25, 0.3) is 11.1 Å². The van der Waals surface area contributed by atoms with Gasteiger partial charge in [-0.15, -0.1) is 0 Å². The molecule has 0 saturated heterocycles. The van der Waals surface area contributed by atoms with E-state index in [9.17, 15) is 8.42 Å². The molecule has 3 N–H and O–H groups in total. The monoisotopic (exact) mass is 440 g/mol. The molecule has 2 aliphatic heterocycles. The minimum Gasteiger partial charge on any atom is -0.326 e. The summed E-state index contributed by atoms with van der Waals surface area (Å²) >= 11 is 6.00. The minimum atomic E-state index is -3.92. The molecule has 152 valence electrons. The van der Waals surface area contributed by atoms with Crippen LogP contribution in [-0.4, -0.2) is 23.2 Å². The van der Waals surface area contributed by atoms with Crippen LogP contribution in [0.15, 0.2) is 77.0 Å². The van der Waals surface area contributed by atoms with Crippen molar-refractivity contribution in [2.45, 2.75) is 17.5 Å². The minimum absolute atomic E-state index is 0.113. The molecule has 10 heteroatoms. The van der Waals surface area contributed by atoms with Crippen LogP contribution in [0, 0.1) is 6.92 Å². The van der Waals surface area contributed by atoms with Crippen molar-refractivity contribution in [3.8, 4) is 11.1 Å². The van der Waals surface area contributed by atoms with E-state index in [4.69, 9.17) is 11.6 Å². The summed E-state index contributed by atoms with van der Waals surface area (Å²) in [6.45, 7) is 1.90. The molecule has 30 heavy (non-hydrogen) atoms. The second-order valence-corrected chi connectivity index (χ2v) is 9.34. The van der Waals surface area contributed by atoms with Crippen molar-refractivity contribution in [3.05, 3.63) is 77.6 Å². The molecule has 0 saturated carbocycles. The number of nitrogens with zero attached hydrogens (tertiary/aromatic N) is 3. The first-order valence-electron chi connectivity index (χ1n) is 9.13. The van der Waals surface area contributed by atoms with Gasteiger partial charge in [-0.2, -0.15) is 10.2 Å². The quantitative estimate of drug-likeness (QED) is 0.566. The van der Waals surface area contributed by atoms with Gasteiger partial charge in [-0.3, -0.25) is 5.43 Å². The zero-order valence-corrected chi connectivity index (χ0v) is 17.4. The van der Waals surface area contributed by atoms with E-state index < -0.39 is 15.5 Å². The molecule has 3 aromatic rings. The lowest BCUT2D eigenvalue weighted by atomic mass is 10.1. The summed E-state index contributed by atoms with van der Waals surface area (Å²) in [5.74, 6) is 0.557. The molecular weight excluding hydrogens is 424 g/mol. The van der Waals surface area contributed by atoms with Crippen LogP contribution in [0.3, 0.4) is 0 Å². The van der Waals surface area contributed by atoms with Gasteiger partial charge >= 0.3 is 0 Å². The second kappa shape index (κ2) is 6.69. The Hall–Kier alpha value is -3.14. The van der Waals surface area contributed by atoms with Crippen molar-refractivity contribution in [2.75, 3.05) is 5.43 Å². The van der Waals surface area contributed by atoms with E-state index in [1.807, 2.05) is 19.1 Å². The lowest BCUT2D eigenvalue weighted by molar-refractivity contribution is 0.363. The van der Waals surface area contributed by atoms with E-state index in [0.717, 1.165) is 16.7 Å². The summed E-state index contributed by atoms with van der Waals surface area (Å²) in [5.41, 5.74) is 10.1. The fraction of sp³-hybridized carbons (Fsp3) is 0.100. The van der Waals surface area contributed by atoms with Crippen LogP contribution in [-0.2, 0) is 15.5 Å². The van der Waals surface area contributed by atoms with Gasteiger partial charge in [-0.05, 0) is 42.8 Å². The largest absolute Gasteiger partial charge is 0.326 e. The first-order valence-corrected chi connectivity index (χ1v) is 11.0. The molecule has 2 aromatic carbocycles. The highest BCUT2D eigenvalue weighted by molar-refractivity contribution is 8.06. The Balaban J connectivity index is 1.65. The molecule has 0 fully saturated rings. The number of hydrazone groups is 1. The predicted molar refractivity (Wildman–Crippen MR) is 115 cm³/mol. The summed E-state index contributed by atoms with van der Waals surface area (Å²) in [6, 6.07) is 14.0. The predicted octanol–water partition coefficient (Wildman–Crippen LogP) is 3.00. The maximum Gasteiger partial charge on any atom is 0.225 e. The number of hydrogen-bond acceptors (Lipinski definition) is 7. The van der Waals surface area contributed by atoms with Crippen LogP contribution >= 0.6 is 11.6 Å². The SMILES string of the molecule is Cc1ccc(S(=O)(=O)C2=NNc3c(-c4ccc(Cl)cc4)cnn3C23C=CNN3)cc1. The number of hydrogen-bond donors (Lipinski definition) is 3. The number of fused-ring (bicyclic) bond motifs is 2. The number of rotatable bonds is 2. The van der Waals surface area contributed by atoms with Crippen molar-refractivity contribution in [1.82, 2.24) is 20.6 Å². The number of anilines is 1. The average Bonchev–Trinajstić information content (AvgIpc) is 3.38. The van der Waals surface area contributed by atoms with Crippen LogP contribution in [0.2, 0.25) is 5.02 Å². The number of nitrogens with one attached hydrogen (secondary N) is 3. The molecule has 1 unspecified atom stereocenters. The highest BCUT2D eigenvalue weighted by atomic mass is 35.5. The van der Waals surface area contributed by atoms with Crippen LogP contribution in [0.5, 0.6) is 0 Å². The Morgan fingerprint density at radius 1 is 1.07 bits per heavy atom. The van der Waals surface area contributed by atoms with E-state index in [-0.39, 0.29) is 9.94 Å². The smallest absolute Gasteiger partial charge is 0.225 e. The molecule has 1 spiro atoms. The standard InChI is InChI=1S/C20H17ClN6O2S/c1-13-2-8-16(9-3-13)30(28,29)19-20(10-11-22-26-20)27-18(24-25-19)17(12-23-27)14-4-6-15(21)7-5-14/h2-12,22,24,26H,1H3. The molecule has 3 heterocycles. The Morgan fingerprint density at radius 2 is 1.80 bits per heavy atom. The molecular formula is C20H17ClN6O2S. The molecule has 0 radical (unpaired) electrons. The van der Waals surface area contributed by atoms with Crippen molar-refractivity contribution >= 4 is 32.3 Å². The van der Waals surface area contributed by atoms with Crippen molar-refractivity contribution in [1.29, 1.82) is 0 Å². The maximum atomic E-state index is 13.5. The second-order valence-electron chi connectivity index (χ2n) is 7.04. The molecule has 0 amide bonds. The Bertz CT molecular complexity index is 1300. The van der Waals surface area contributed by atoms with Gasteiger partial charge in [0, 0.05) is 16.8 Å². The molecule has 0 aliphatic carbocycles. The number of halogens is 1. The van der Waals surface area contributed by atoms with Gasteiger partial charge in [-0.1, -0.05) is 41.4 Å². The third kappa shape index (κ3) is 2.74. The zero-order valence-electron chi connectivity index (χ0n) is 15.8.